The van der Waals surface area contributed by atoms with Gasteiger partial charge in [-0.3, -0.25) is 4.79 Å². The van der Waals surface area contributed by atoms with Crippen molar-refractivity contribution in [3.8, 4) is 23.0 Å². The number of thioether (sulfide) groups is 1. The first-order valence-corrected chi connectivity index (χ1v) is 10.1. The number of nitrogen functional groups attached to an aromatic ring is 1. The molecule has 0 fully saturated rings. The number of methoxy groups -OCH3 is 3. The highest BCUT2D eigenvalue weighted by Crippen LogP contribution is 2.29. The van der Waals surface area contributed by atoms with Crippen molar-refractivity contribution in [1.82, 2.24) is 14.9 Å². The van der Waals surface area contributed by atoms with E-state index < -0.39 is 0 Å². The molecule has 0 aliphatic carbocycles. The van der Waals surface area contributed by atoms with Gasteiger partial charge >= 0.3 is 0 Å². The van der Waals surface area contributed by atoms with Crippen LogP contribution in [0.3, 0.4) is 0 Å². The average molecular weight is 446 g/mol. The number of carbonyl (C=O) groups is 1. The van der Waals surface area contributed by atoms with Gasteiger partial charge in [0.25, 0.3) is 0 Å². The molecule has 0 spiro atoms. The molecule has 31 heavy (non-hydrogen) atoms. The SMILES string of the molecule is COc1cccc(OCc2nnc(SCC(=O)Nc3ccc(OC)cc3OC)n2N)c1. The fourth-order valence-electron chi connectivity index (χ4n) is 2.56. The monoisotopic (exact) mass is 445 g/mol. The van der Waals surface area contributed by atoms with E-state index in [-0.39, 0.29) is 18.3 Å². The molecule has 164 valence electrons. The van der Waals surface area contributed by atoms with Crippen LogP contribution in [0.25, 0.3) is 0 Å². The van der Waals surface area contributed by atoms with E-state index in [2.05, 4.69) is 15.5 Å². The molecule has 3 aromatic rings. The molecule has 0 atom stereocenters. The van der Waals surface area contributed by atoms with E-state index in [1.165, 1.54) is 11.8 Å². The van der Waals surface area contributed by atoms with Crippen molar-refractivity contribution < 1.29 is 23.7 Å². The molecule has 0 saturated carbocycles. The minimum absolute atomic E-state index is 0.0846. The van der Waals surface area contributed by atoms with Crippen molar-refractivity contribution in [3.63, 3.8) is 0 Å². The van der Waals surface area contributed by atoms with Crippen LogP contribution >= 0.6 is 11.8 Å². The zero-order chi connectivity index (χ0) is 22.2. The number of anilines is 1. The summed E-state index contributed by atoms with van der Waals surface area (Å²) in [5.74, 6) is 8.72. The number of carbonyl (C=O) groups excluding carboxylic acids is 1. The smallest absolute Gasteiger partial charge is 0.234 e. The zero-order valence-corrected chi connectivity index (χ0v) is 18.1. The van der Waals surface area contributed by atoms with E-state index in [0.717, 1.165) is 11.8 Å². The van der Waals surface area contributed by atoms with E-state index in [0.29, 0.717) is 39.7 Å². The summed E-state index contributed by atoms with van der Waals surface area (Å²) in [5, 5.41) is 11.2. The molecule has 11 heteroatoms. The Kier molecular flexibility index (Phi) is 7.44. The third-order valence-electron chi connectivity index (χ3n) is 4.16. The number of hydrogen-bond donors (Lipinski definition) is 2. The van der Waals surface area contributed by atoms with Crippen molar-refractivity contribution in [2.75, 3.05) is 38.2 Å². The van der Waals surface area contributed by atoms with E-state index in [1.807, 2.05) is 12.1 Å². The maximum atomic E-state index is 12.3. The Balaban J connectivity index is 1.55. The molecule has 0 aliphatic rings. The standard InChI is InChI=1S/C20H23N5O5S/c1-27-13-5-4-6-15(9-13)30-11-18-23-24-20(25(18)21)31-12-19(26)22-16-8-7-14(28-2)10-17(16)29-3/h4-10H,11-12,21H2,1-3H3,(H,22,26). The lowest BCUT2D eigenvalue weighted by atomic mass is 10.2. The number of nitrogens with zero attached hydrogens (tertiary/aromatic N) is 3. The van der Waals surface area contributed by atoms with Crippen LogP contribution in [0, 0.1) is 0 Å². The Morgan fingerprint density at radius 1 is 1.03 bits per heavy atom. The normalized spacial score (nSPS) is 10.4. The molecule has 3 rings (SSSR count). The molecular formula is C20H23N5O5S. The Hall–Kier alpha value is -3.60. The number of nitrogens with two attached hydrogens (primary N) is 1. The summed E-state index contributed by atoms with van der Waals surface area (Å²) in [5.41, 5.74) is 0.537. The topological polar surface area (TPSA) is 123 Å². The highest BCUT2D eigenvalue weighted by molar-refractivity contribution is 7.99. The van der Waals surface area contributed by atoms with Crippen LogP contribution in [0.5, 0.6) is 23.0 Å². The van der Waals surface area contributed by atoms with Gasteiger partial charge in [-0.2, -0.15) is 0 Å². The van der Waals surface area contributed by atoms with Crippen LogP contribution in [0.15, 0.2) is 47.6 Å². The van der Waals surface area contributed by atoms with E-state index in [9.17, 15) is 4.79 Å². The molecule has 0 saturated heterocycles. The third kappa shape index (κ3) is 5.72. The van der Waals surface area contributed by atoms with Gasteiger partial charge in [0.05, 0.1) is 32.8 Å². The number of amides is 1. The second-order valence-electron chi connectivity index (χ2n) is 6.14. The second kappa shape index (κ2) is 10.4. The summed E-state index contributed by atoms with van der Waals surface area (Å²) in [6, 6.07) is 12.3. The van der Waals surface area contributed by atoms with Crippen LogP contribution in [0.1, 0.15) is 5.82 Å². The van der Waals surface area contributed by atoms with E-state index in [4.69, 9.17) is 24.8 Å². The van der Waals surface area contributed by atoms with Gasteiger partial charge in [-0.1, -0.05) is 17.8 Å². The Bertz CT molecular complexity index is 1040. The number of aromatic nitrogens is 3. The van der Waals surface area contributed by atoms with Crippen molar-refractivity contribution >= 4 is 23.4 Å². The first-order valence-electron chi connectivity index (χ1n) is 9.15. The predicted molar refractivity (Wildman–Crippen MR) is 116 cm³/mol. The lowest BCUT2D eigenvalue weighted by Crippen LogP contribution is -2.18. The van der Waals surface area contributed by atoms with Gasteiger partial charge in [-0.25, -0.2) is 4.68 Å². The maximum Gasteiger partial charge on any atom is 0.234 e. The molecule has 1 aromatic heterocycles. The quantitative estimate of drug-likeness (QED) is 0.357. The minimum Gasteiger partial charge on any atom is -0.497 e. The molecule has 0 unspecified atom stereocenters. The Labute approximate surface area is 183 Å². The van der Waals surface area contributed by atoms with Crippen molar-refractivity contribution in [1.29, 1.82) is 0 Å². The molecule has 1 amide bonds. The highest BCUT2D eigenvalue weighted by atomic mass is 32.2. The van der Waals surface area contributed by atoms with Gasteiger partial charge in [0.15, 0.2) is 5.82 Å². The summed E-state index contributed by atoms with van der Waals surface area (Å²) in [4.78, 5) is 12.3. The number of rotatable bonds is 10. The first-order chi connectivity index (χ1) is 15.0. The van der Waals surface area contributed by atoms with Crippen LogP contribution < -0.4 is 30.1 Å². The summed E-state index contributed by atoms with van der Waals surface area (Å²) >= 11 is 1.16. The van der Waals surface area contributed by atoms with Gasteiger partial charge < -0.3 is 30.1 Å². The van der Waals surface area contributed by atoms with E-state index in [1.54, 1.807) is 44.6 Å². The number of hydrogen-bond acceptors (Lipinski definition) is 9. The fraction of sp³-hybridized carbons (Fsp3) is 0.250. The van der Waals surface area contributed by atoms with E-state index >= 15 is 0 Å². The summed E-state index contributed by atoms with van der Waals surface area (Å²) in [6.07, 6.45) is 0. The average Bonchev–Trinajstić information content (AvgIpc) is 3.15. The van der Waals surface area contributed by atoms with Crippen LogP contribution in [-0.4, -0.2) is 47.9 Å². The Morgan fingerprint density at radius 2 is 1.77 bits per heavy atom. The number of ether oxygens (including phenoxy) is 4. The molecule has 3 N–H and O–H groups in total. The summed E-state index contributed by atoms with van der Waals surface area (Å²) < 4.78 is 22.6. The molecule has 1 heterocycles. The number of benzene rings is 2. The van der Waals surface area contributed by atoms with Crippen molar-refractivity contribution in [2.24, 2.45) is 0 Å². The van der Waals surface area contributed by atoms with Crippen LogP contribution in [-0.2, 0) is 11.4 Å². The predicted octanol–water partition coefficient (Wildman–Crippen LogP) is 2.33. The first kappa shape index (κ1) is 22.1. The molecule has 10 nitrogen and oxygen atoms in total. The van der Waals surface area contributed by atoms with Gasteiger partial charge in [0.1, 0.15) is 29.6 Å². The van der Waals surface area contributed by atoms with Gasteiger partial charge in [-0.15, -0.1) is 10.2 Å². The van der Waals surface area contributed by atoms with Gasteiger partial charge in [0.2, 0.25) is 11.1 Å². The largest absolute Gasteiger partial charge is 0.497 e. The summed E-state index contributed by atoms with van der Waals surface area (Å²) in [7, 11) is 4.66. The molecule has 2 aromatic carbocycles. The van der Waals surface area contributed by atoms with Crippen molar-refractivity contribution in [3.05, 3.63) is 48.3 Å². The minimum atomic E-state index is -0.245. The number of nitrogens with one attached hydrogen (secondary N) is 1. The van der Waals surface area contributed by atoms with Gasteiger partial charge in [-0.05, 0) is 24.3 Å². The molecule has 0 bridgehead atoms. The Morgan fingerprint density at radius 3 is 2.52 bits per heavy atom. The zero-order valence-electron chi connectivity index (χ0n) is 17.3. The molecule has 0 radical (unpaired) electrons. The maximum absolute atomic E-state index is 12.3. The molecular weight excluding hydrogens is 422 g/mol. The fourth-order valence-corrected chi connectivity index (χ4v) is 3.24. The van der Waals surface area contributed by atoms with Crippen LogP contribution in [0.4, 0.5) is 5.69 Å². The molecule has 0 aliphatic heterocycles. The highest BCUT2D eigenvalue weighted by Gasteiger charge is 2.14. The lowest BCUT2D eigenvalue weighted by Gasteiger charge is -2.11. The van der Waals surface area contributed by atoms with Crippen LogP contribution in [0.2, 0.25) is 0 Å². The third-order valence-corrected chi connectivity index (χ3v) is 5.10. The summed E-state index contributed by atoms with van der Waals surface area (Å²) in [6.45, 7) is 0.118. The van der Waals surface area contributed by atoms with Gasteiger partial charge in [0, 0.05) is 12.1 Å². The van der Waals surface area contributed by atoms with Crippen molar-refractivity contribution in [2.45, 2.75) is 11.8 Å². The second-order valence-corrected chi connectivity index (χ2v) is 7.08. The lowest BCUT2D eigenvalue weighted by molar-refractivity contribution is -0.113.